The van der Waals surface area contributed by atoms with Crippen molar-refractivity contribution in [2.45, 2.75) is 19.4 Å². The summed E-state index contributed by atoms with van der Waals surface area (Å²) in [6.07, 6.45) is -0.182. The number of carbonyl (C=O) groups is 3. The minimum Gasteiger partial charge on any atom is -0.494 e. The van der Waals surface area contributed by atoms with Crippen LogP contribution in [-0.2, 0) is 14.3 Å². The largest absolute Gasteiger partial charge is 0.494 e. The second-order valence-corrected chi connectivity index (χ2v) is 5.55. The molecule has 8 nitrogen and oxygen atoms in total. The molecule has 8 heteroatoms. The van der Waals surface area contributed by atoms with Crippen molar-refractivity contribution in [1.29, 1.82) is 0 Å². The Kier molecular flexibility index (Phi) is 6.76. The Labute approximate surface area is 145 Å². The summed E-state index contributed by atoms with van der Waals surface area (Å²) in [4.78, 5) is 36.8. The normalized spacial score (nSPS) is 17.0. The zero-order chi connectivity index (χ0) is 18.2. The Balaban J connectivity index is 1.89. The highest BCUT2D eigenvalue weighted by molar-refractivity contribution is 5.96. The molecule has 0 radical (unpaired) electrons. The summed E-state index contributed by atoms with van der Waals surface area (Å²) < 4.78 is 10.5. The van der Waals surface area contributed by atoms with E-state index in [2.05, 4.69) is 5.32 Å². The molecule has 1 aromatic rings. The molecule has 1 heterocycles. The third-order valence-corrected chi connectivity index (χ3v) is 3.79. The van der Waals surface area contributed by atoms with Gasteiger partial charge in [-0.25, -0.2) is 0 Å². The smallest absolute Gasteiger partial charge is 0.305 e. The third-order valence-electron chi connectivity index (χ3n) is 3.79. The van der Waals surface area contributed by atoms with Crippen LogP contribution in [0.4, 0.5) is 0 Å². The van der Waals surface area contributed by atoms with Crippen molar-refractivity contribution in [3.63, 3.8) is 0 Å². The van der Waals surface area contributed by atoms with Gasteiger partial charge in [-0.15, -0.1) is 0 Å². The zero-order valence-corrected chi connectivity index (χ0v) is 14.1. The van der Waals surface area contributed by atoms with Gasteiger partial charge in [0.15, 0.2) is 0 Å². The van der Waals surface area contributed by atoms with Crippen molar-refractivity contribution >= 4 is 17.8 Å². The number of carboxylic acids is 1. The highest BCUT2D eigenvalue weighted by Crippen LogP contribution is 2.13. The van der Waals surface area contributed by atoms with E-state index in [9.17, 15) is 14.4 Å². The molecule has 1 unspecified atom stereocenters. The van der Waals surface area contributed by atoms with Gasteiger partial charge in [-0.2, -0.15) is 0 Å². The summed E-state index contributed by atoms with van der Waals surface area (Å²) in [7, 11) is 0. The van der Waals surface area contributed by atoms with Crippen LogP contribution in [0.25, 0.3) is 0 Å². The lowest BCUT2D eigenvalue weighted by molar-refractivity contribution is -0.145. The molecular formula is C17H22N2O6. The van der Waals surface area contributed by atoms with Gasteiger partial charge in [0.1, 0.15) is 5.75 Å². The summed E-state index contributed by atoms with van der Waals surface area (Å²) in [5, 5.41) is 11.5. The van der Waals surface area contributed by atoms with Crippen LogP contribution in [-0.4, -0.2) is 66.7 Å². The Morgan fingerprint density at radius 1 is 1.32 bits per heavy atom. The van der Waals surface area contributed by atoms with Gasteiger partial charge in [-0.1, -0.05) is 0 Å². The number of nitrogens with one attached hydrogen (secondary N) is 1. The lowest BCUT2D eigenvalue weighted by atomic mass is 10.1. The number of amides is 2. The predicted octanol–water partition coefficient (Wildman–Crippen LogP) is 0.517. The van der Waals surface area contributed by atoms with Crippen molar-refractivity contribution in [3.8, 4) is 5.75 Å². The van der Waals surface area contributed by atoms with E-state index in [0.717, 1.165) is 0 Å². The maximum absolute atomic E-state index is 12.3. The highest BCUT2D eigenvalue weighted by atomic mass is 16.5. The van der Waals surface area contributed by atoms with Gasteiger partial charge in [0.2, 0.25) is 5.91 Å². The van der Waals surface area contributed by atoms with E-state index >= 15 is 0 Å². The van der Waals surface area contributed by atoms with Crippen LogP contribution >= 0.6 is 0 Å². The molecule has 2 rings (SSSR count). The quantitative estimate of drug-likeness (QED) is 0.743. The zero-order valence-electron chi connectivity index (χ0n) is 14.1. The summed E-state index contributed by atoms with van der Waals surface area (Å²) in [5.74, 6) is -1.03. The Hall–Kier alpha value is -2.61. The van der Waals surface area contributed by atoms with Crippen molar-refractivity contribution in [1.82, 2.24) is 10.2 Å². The van der Waals surface area contributed by atoms with Crippen molar-refractivity contribution < 1.29 is 29.0 Å². The average molecular weight is 350 g/mol. The lowest BCUT2D eigenvalue weighted by Gasteiger charge is -2.34. The Morgan fingerprint density at radius 3 is 2.68 bits per heavy atom. The van der Waals surface area contributed by atoms with Crippen LogP contribution in [0.3, 0.4) is 0 Å². The van der Waals surface area contributed by atoms with E-state index in [0.29, 0.717) is 31.1 Å². The number of benzene rings is 1. The van der Waals surface area contributed by atoms with E-state index < -0.39 is 12.0 Å². The molecule has 0 aliphatic carbocycles. The van der Waals surface area contributed by atoms with Crippen LogP contribution < -0.4 is 10.1 Å². The number of carbonyl (C=O) groups excluding carboxylic acids is 2. The van der Waals surface area contributed by atoms with E-state index in [1.54, 1.807) is 24.3 Å². The van der Waals surface area contributed by atoms with Gasteiger partial charge in [-0.3, -0.25) is 14.4 Å². The van der Waals surface area contributed by atoms with E-state index in [-0.39, 0.29) is 31.4 Å². The van der Waals surface area contributed by atoms with Gasteiger partial charge in [0, 0.05) is 12.1 Å². The van der Waals surface area contributed by atoms with E-state index in [4.69, 9.17) is 14.6 Å². The molecule has 1 atom stereocenters. The molecule has 2 amide bonds. The number of hydrogen-bond donors (Lipinski definition) is 2. The molecule has 1 fully saturated rings. The average Bonchev–Trinajstić information content (AvgIpc) is 2.60. The molecule has 2 N–H and O–H groups in total. The summed E-state index contributed by atoms with van der Waals surface area (Å²) in [6.45, 7) is 3.07. The first-order valence-corrected chi connectivity index (χ1v) is 8.11. The number of ether oxygens (including phenoxy) is 2. The first-order chi connectivity index (χ1) is 12.0. The van der Waals surface area contributed by atoms with Gasteiger partial charge in [0.05, 0.1) is 38.8 Å². The fourth-order valence-electron chi connectivity index (χ4n) is 2.58. The number of rotatable bonds is 7. The SMILES string of the molecule is CCOc1ccc(C(=O)NCC(=O)N2CCOCC2CC(=O)O)cc1. The molecule has 1 saturated heterocycles. The van der Waals surface area contributed by atoms with Crippen molar-refractivity contribution in [3.05, 3.63) is 29.8 Å². The Morgan fingerprint density at radius 2 is 2.04 bits per heavy atom. The van der Waals surface area contributed by atoms with Crippen LogP contribution in [0.5, 0.6) is 5.75 Å². The van der Waals surface area contributed by atoms with Crippen molar-refractivity contribution in [2.24, 2.45) is 0 Å². The second kappa shape index (κ2) is 9.03. The maximum Gasteiger partial charge on any atom is 0.305 e. The van der Waals surface area contributed by atoms with Gasteiger partial charge in [0.25, 0.3) is 5.91 Å². The number of carboxylic acid groups (broad SMARTS) is 1. The number of hydrogen-bond acceptors (Lipinski definition) is 5. The molecule has 0 aromatic heterocycles. The van der Waals surface area contributed by atoms with Crippen LogP contribution in [0, 0.1) is 0 Å². The van der Waals surface area contributed by atoms with Gasteiger partial charge < -0.3 is 24.8 Å². The molecular weight excluding hydrogens is 328 g/mol. The lowest BCUT2D eigenvalue weighted by Crippen LogP contribution is -2.52. The number of morpholine rings is 1. The molecule has 0 bridgehead atoms. The minimum absolute atomic E-state index is 0.182. The molecule has 1 aliphatic heterocycles. The second-order valence-electron chi connectivity index (χ2n) is 5.55. The predicted molar refractivity (Wildman–Crippen MR) is 88.5 cm³/mol. The summed E-state index contributed by atoms with van der Waals surface area (Å²) in [6, 6.07) is 6.09. The third kappa shape index (κ3) is 5.46. The summed E-state index contributed by atoms with van der Waals surface area (Å²) >= 11 is 0. The molecule has 0 saturated carbocycles. The number of nitrogens with zero attached hydrogens (tertiary/aromatic N) is 1. The monoisotopic (exact) mass is 350 g/mol. The highest BCUT2D eigenvalue weighted by Gasteiger charge is 2.29. The molecule has 136 valence electrons. The Bertz CT molecular complexity index is 616. The van der Waals surface area contributed by atoms with Gasteiger partial charge >= 0.3 is 5.97 Å². The molecule has 0 spiro atoms. The van der Waals surface area contributed by atoms with Crippen molar-refractivity contribution in [2.75, 3.05) is 32.9 Å². The standard InChI is InChI=1S/C17H22N2O6/c1-2-25-14-5-3-12(4-6-14)17(23)18-10-15(20)19-7-8-24-11-13(19)9-16(21)22/h3-6,13H,2,7-11H2,1H3,(H,18,23)(H,21,22). The van der Waals surface area contributed by atoms with Crippen LogP contribution in [0.2, 0.25) is 0 Å². The number of aliphatic carboxylic acids is 1. The maximum atomic E-state index is 12.3. The van der Waals surface area contributed by atoms with Crippen LogP contribution in [0.1, 0.15) is 23.7 Å². The molecule has 1 aromatic carbocycles. The fourth-order valence-corrected chi connectivity index (χ4v) is 2.58. The van der Waals surface area contributed by atoms with Crippen LogP contribution in [0.15, 0.2) is 24.3 Å². The van der Waals surface area contributed by atoms with Gasteiger partial charge in [-0.05, 0) is 31.2 Å². The topological polar surface area (TPSA) is 105 Å². The molecule has 25 heavy (non-hydrogen) atoms. The van der Waals surface area contributed by atoms with E-state index in [1.807, 2.05) is 6.92 Å². The van der Waals surface area contributed by atoms with E-state index in [1.165, 1.54) is 4.90 Å². The minimum atomic E-state index is -0.994. The fraction of sp³-hybridized carbons (Fsp3) is 0.471. The summed E-state index contributed by atoms with van der Waals surface area (Å²) in [5.41, 5.74) is 0.417. The first-order valence-electron chi connectivity index (χ1n) is 8.11. The molecule has 1 aliphatic rings. The first kappa shape index (κ1) is 18.7.